The van der Waals surface area contributed by atoms with Crippen molar-refractivity contribution in [1.82, 2.24) is 10.3 Å². The smallest absolute Gasteiger partial charge is 0.0897 e. The number of nitrogens with one attached hydrogen (secondary N) is 1. The number of aromatic nitrogens is 1. The molecule has 0 radical (unpaired) electrons. The summed E-state index contributed by atoms with van der Waals surface area (Å²) >= 11 is 3.87. The highest BCUT2D eigenvalue weighted by molar-refractivity contribution is 7.99. The molecule has 0 spiro atoms. The average Bonchev–Trinajstić information content (AvgIpc) is 2.60. The Bertz CT molecular complexity index is 347. The van der Waals surface area contributed by atoms with Crippen molar-refractivity contribution < 1.29 is 0 Å². The van der Waals surface area contributed by atoms with Gasteiger partial charge in [-0.1, -0.05) is 13.8 Å². The highest BCUT2D eigenvalue weighted by Crippen LogP contribution is 2.33. The lowest BCUT2D eigenvalue weighted by molar-refractivity contribution is 0.318. The average molecular weight is 256 g/mol. The van der Waals surface area contributed by atoms with E-state index in [4.69, 9.17) is 0 Å². The molecule has 1 unspecified atom stereocenters. The monoisotopic (exact) mass is 256 g/mol. The minimum atomic E-state index is 0.490. The predicted molar refractivity (Wildman–Crippen MR) is 73.2 cm³/mol. The predicted octanol–water partition coefficient (Wildman–Crippen LogP) is 3.07. The van der Waals surface area contributed by atoms with E-state index >= 15 is 0 Å². The second kappa shape index (κ2) is 5.07. The molecule has 0 bridgehead atoms. The van der Waals surface area contributed by atoms with Crippen molar-refractivity contribution in [2.45, 2.75) is 39.8 Å². The number of thioether (sulfide) groups is 1. The number of nitrogens with zero attached hydrogens (tertiary/aromatic N) is 1. The lowest BCUT2D eigenvalue weighted by atomic mass is 9.88. The standard InChI is InChI=1S/C12H20N2S2/c1-9-13-5-11(16-9)6-14-10-4-12(2,3)8-15-7-10/h5,10,14H,4,6-8H2,1-3H3. The minimum absolute atomic E-state index is 0.490. The summed E-state index contributed by atoms with van der Waals surface area (Å²) in [4.78, 5) is 5.63. The molecule has 1 aromatic rings. The van der Waals surface area contributed by atoms with E-state index in [-0.39, 0.29) is 0 Å². The maximum atomic E-state index is 4.28. The molecule has 0 aliphatic carbocycles. The second-order valence-corrected chi connectivity index (χ2v) is 7.66. The third-order valence-electron chi connectivity index (χ3n) is 2.84. The van der Waals surface area contributed by atoms with E-state index in [9.17, 15) is 0 Å². The van der Waals surface area contributed by atoms with Gasteiger partial charge in [-0.05, 0) is 24.5 Å². The third kappa shape index (κ3) is 3.47. The fraction of sp³-hybridized carbons (Fsp3) is 0.750. The molecular formula is C12H20N2S2. The van der Waals surface area contributed by atoms with E-state index in [1.807, 2.05) is 6.20 Å². The van der Waals surface area contributed by atoms with Gasteiger partial charge in [-0.2, -0.15) is 11.8 Å². The largest absolute Gasteiger partial charge is 0.308 e. The number of thiazole rings is 1. The number of hydrogen-bond acceptors (Lipinski definition) is 4. The van der Waals surface area contributed by atoms with Crippen LogP contribution in [0.15, 0.2) is 6.20 Å². The summed E-state index contributed by atoms with van der Waals surface area (Å²) in [6.07, 6.45) is 3.28. The van der Waals surface area contributed by atoms with Crippen molar-refractivity contribution >= 4 is 23.1 Å². The maximum Gasteiger partial charge on any atom is 0.0897 e. The molecule has 2 rings (SSSR count). The molecule has 1 aliphatic rings. The first-order chi connectivity index (χ1) is 7.55. The summed E-state index contributed by atoms with van der Waals surface area (Å²) in [5.74, 6) is 2.55. The molecule has 1 saturated heterocycles. The van der Waals surface area contributed by atoms with Crippen molar-refractivity contribution in [2.24, 2.45) is 5.41 Å². The Kier molecular flexibility index (Phi) is 3.93. The summed E-state index contributed by atoms with van der Waals surface area (Å²) in [6.45, 7) is 7.77. The van der Waals surface area contributed by atoms with E-state index in [0.29, 0.717) is 11.5 Å². The first-order valence-corrected chi connectivity index (χ1v) is 7.75. The highest BCUT2D eigenvalue weighted by Gasteiger charge is 2.27. The Morgan fingerprint density at radius 3 is 3.00 bits per heavy atom. The Labute approximate surface area is 106 Å². The van der Waals surface area contributed by atoms with Crippen LogP contribution >= 0.6 is 23.1 Å². The molecule has 90 valence electrons. The van der Waals surface area contributed by atoms with Crippen LogP contribution in [0.4, 0.5) is 0 Å². The van der Waals surface area contributed by atoms with E-state index in [0.717, 1.165) is 11.6 Å². The van der Waals surface area contributed by atoms with Crippen LogP contribution in [0.3, 0.4) is 0 Å². The van der Waals surface area contributed by atoms with Gasteiger partial charge >= 0.3 is 0 Å². The lowest BCUT2D eigenvalue weighted by Crippen LogP contribution is -2.39. The van der Waals surface area contributed by atoms with E-state index in [1.165, 1.54) is 22.8 Å². The summed E-state index contributed by atoms with van der Waals surface area (Å²) < 4.78 is 0. The molecule has 0 aromatic carbocycles. The fourth-order valence-corrected chi connectivity index (χ4v) is 4.18. The number of rotatable bonds is 3. The van der Waals surface area contributed by atoms with Crippen LogP contribution in [-0.2, 0) is 6.54 Å². The van der Waals surface area contributed by atoms with Gasteiger partial charge in [0.15, 0.2) is 0 Å². The molecule has 4 heteroatoms. The van der Waals surface area contributed by atoms with Crippen LogP contribution in [0.2, 0.25) is 0 Å². The van der Waals surface area contributed by atoms with Crippen LogP contribution in [-0.4, -0.2) is 22.5 Å². The van der Waals surface area contributed by atoms with E-state index < -0.39 is 0 Å². The van der Waals surface area contributed by atoms with Crippen molar-refractivity contribution in [3.8, 4) is 0 Å². The van der Waals surface area contributed by atoms with Gasteiger partial charge in [0, 0.05) is 29.4 Å². The lowest BCUT2D eigenvalue weighted by Gasteiger charge is -2.35. The Hall–Kier alpha value is -0.0600. The first kappa shape index (κ1) is 12.4. The van der Waals surface area contributed by atoms with Gasteiger partial charge in [-0.25, -0.2) is 4.98 Å². The summed E-state index contributed by atoms with van der Waals surface area (Å²) in [6, 6.07) is 0.663. The van der Waals surface area contributed by atoms with Gasteiger partial charge in [-0.15, -0.1) is 11.3 Å². The molecule has 1 fully saturated rings. The molecule has 16 heavy (non-hydrogen) atoms. The zero-order chi connectivity index (χ0) is 11.6. The van der Waals surface area contributed by atoms with Gasteiger partial charge in [0.25, 0.3) is 0 Å². The van der Waals surface area contributed by atoms with Crippen LogP contribution < -0.4 is 5.32 Å². The van der Waals surface area contributed by atoms with Crippen LogP contribution in [0.5, 0.6) is 0 Å². The Morgan fingerprint density at radius 1 is 1.56 bits per heavy atom. The Balaban J connectivity index is 1.82. The van der Waals surface area contributed by atoms with Gasteiger partial charge in [0.05, 0.1) is 5.01 Å². The number of hydrogen-bond donors (Lipinski definition) is 1. The van der Waals surface area contributed by atoms with Crippen molar-refractivity contribution in [3.63, 3.8) is 0 Å². The van der Waals surface area contributed by atoms with Crippen LogP contribution in [0.1, 0.15) is 30.2 Å². The Morgan fingerprint density at radius 2 is 2.38 bits per heavy atom. The highest BCUT2D eigenvalue weighted by atomic mass is 32.2. The topological polar surface area (TPSA) is 24.9 Å². The molecule has 1 aliphatic heterocycles. The van der Waals surface area contributed by atoms with Gasteiger partial charge in [0.2, 0.25) is 0 Å². The molecule has 1 N–H and O–H groups in total. The van der Waals surface area contributed by atoms with Gasteiger partial charge < -0.3 is 5.32 Å². The van der Waals surface area contributed by atoms with Crippen LogP contribution in [0, 0.1) is 12.3 Å². The van der Waals surface area contributed by atoms with Crippen molar-refractivity contribution in [2.75, 3.05) is 11.5 Å². The minimum Gasteiger partial charge on any atom is -0.308 e. The molecule has 1 atom stereocenters. The molecule has 0 amide bonds. The quantitative estimate of drug-likeness (QED) is 0.899. The van der Waals surface area contributed by atoms with Gasteiger partial charge in [0.1, 0.15) is 0 Å². The van der Waals surface area contributed by atoms with Gasteiger partial charge in [-0.3, -0.25) is 0 Å². The second-order valence-electron chi connectivity index (χ2n) is 5.31. The van der Waals surface area contributed by atoms with Crippen molar-refractivity contribution in [3.05, 3.63) is 16.1 Å². The summed E-state index contributed by atoms with van der Waals surface area (Å²) in [7, 11) is 0. The number of aryl methyl sites for hydroxylation is 1. The molecule has 2 nitrogen and oxygen atoms in total. The third-order valence-corrected chi connectivity index (χ3v) is 5.38. The van der Waals surface area contributed by atoms with E-state index in [1.54, 1.807) is 11.3 Å². The van der Waals surface area contributed by atoms with Crippen molar-refractivity contribution in [1.29, 1.82) is 0 Å². The molecule has 1 aromatic heterocycles. The zero-order valence-corrected chi connectivity index (χ0v) is 11.9. The fourth-order valence-electron chi connectivity index (χ4n) is 2.13. The first-order valence-electron chi connectivity index (χ1n) is 5.78. The molecule has 2 heterocycles. The molecule has 0 saturated carbocycles. The molecular weight excluding hydrogens is 236 g/mol. The maximum absolute atomic E-state index is 4.28. The summed E-state index contributed by atoms with van der Waals surface area (Å²) in [5.41, 5.74) is 0.490. The van der Waals surface area contributed by atoms with Crippen LogP contribution in [0.25, 0.3) is 0 Å². The summed E-state index contributed by atoms with van der Waals surface area (Å²) in [5, 5.41) is 4.82. The zero-order valence-electron chi connectivity index (χ0n) is 10.2. The normalized spacial score (nSPS) is 24.6. The SMILES string of the molecule is Cc1ncc(CNC2CSCC(C)(C)C2)s1. The van der Waals surface area contributed by atoms with E-state index in [2.05, 4.69) is 42.8 Å².